The van der Waals surface area contributed by atoms with Crippen LogP contribution in [0.3, 0.4) is 0 Å². The fourth-order valence-corrected chi connectivity index (χ4v) is 4.97. The lowest BCUT2D eigenvalue weighted by Crippen LogP contribution is -2.58. The summed E-state index contributed by atoms with van der Waals surface area (Å²) in [5.74, 6) is 6.24. The van der Waals surface area contributed by atoms with Crippen LogP contribution < -0.4 is 11.2 Å². The third-order valence-electron chi connectivity index (χ3n) is 6.73. The lowest BCUT2D eigenvalue weighted by atomic mass is 10.0. The van der Waals surface area contributed by atoms with E-state index in [2.05, 4.69) is 45.5 Å². The van der Waals surface area contributed by atoms with Gasteiger partial charge in [-0.25, -0.2) is 0 Å². The van der Waals surface area contributed by atoms with Gasteiger partial charge in [-0.1, -0.05) is 62.2 Å². The molecule has 2 atom stereocenters. The number of para-hydroxylation sites is 1. The Labute approximate surface area is 219 Å². The van der Waals surface area contributed by atoms with Gasteiger partial charge in [0.2, 0.25) is 5.84 Å². The van der Waals surface area contributed by atoms with E-state index in [1.807, 2.05) is 49.1 Å². The quantitative estimate of drug-likeness (QED) is 0.414. The molecule has 1 amide bonds. The normalized spacial score (nSPS) is 19.4. The van der Waals surface area contributed by atoms with Crippen molar-refractivity contribution < 1.29 is 4.79 Å². The highest BCUT2D eigenvalue weighted by Crippen LogP contribution is 2.27. The monoisotopic (exact) mass is 499 g/mol. The van der Waals surface area contributed by atoms with Crippen LogP contribution in [0.25, 0.3) is 21.7 Å². The first-order valence-corrected chi connectivity index (χ1v) is 13.1. The number of nitrogens with one attached hydrogen (secondary N) is 1. The van der Waals surface area contributed by atoms with Crippen LogP contribution in [0.5, 0.6) is 0 Å². The molecule has 0 saturated carbocycles. The number of hydrazone groups is 1. The second-order valence-electron chi connectivity index (χ2n) is 9.17. The van der Waals surface area contributed by atoms with Crippen molar-refractivity contribution in [3.05, 3.63) is 54.2 Å². The zero-order chi connectivity index (χ0) is 26.4. The number of benzene rings is 2. The molecule has 5 rings (SSSR count). The standard InChI is InChI=1S/C27H31N7O.C2H6/c1-3-4-16-34-25(30-31-27(34)33-15-9-10-19(28)17-33)26(35)32(2)18-24-22-13-6-5-11-20(22)21-12-7-8-14-23(21)29-24;1-2/h5-8,11-14,19,27,31H,9-10,15-18,28H2,1-2H3;1-2H3. The summed E-state index contributed by atoms with van der Waals surface area (Å²) in [4.78, 5) is 24.4. The third kappa shape index (κ3) is 5.53. The smallest absolute Gasteiger partial charge is 0.291 e. The van der Waals surface area contributed by atoms with Gasteiger partial charge in [-0.15, -0.1) is 5.92 Å². The summed E-state index contributed by atoms with van der Waals surface area (Å²) in [6.45, 7) is 8.25. The molecule has 0 spiro atoms. The number of hydrogen-bond acceptors (Lipinski definition) is 7. The van der Waals surface area contributed by atoms with Gasteiger partial charge in [0.25, 0.3) is 5.91 Å². The van der Waals surface area contributed by atoms with Crippen molar-refractivity contribution in [2.45, 2.75) is 52.5 Å². The Balaban J connectivity index is 0.00000156. The Bertz CT molecular complexity index is 1340. The number of carbonyl (C=O) groups is 1. The van der Waals surface area contributed by atoms with Gasteiger partial charge in [0.15, 0.2) is 6.29 Å². The minimum Gasteiger partial charge on any atom is -0.333 e. The third-order valence-corrected chi connectivity index (χ3v) is 6.73. The summed E-state index contributed by atoms with van der Waals surface area (Å²) in [5, 5.41) is 7.75. The summed E-state index contributed by atoms with van der Waals surface area (Å²) in [6.07, 6.45) is 1.81. The van der Waals surface area contributed by atoms with Gasteiger partial charge >= 0.3 is 0 Å². The topological polar surface area (TPSA) is 90.1 Å². The lowest BCUT2D eigenvalue weighted by Gasteiger charge is -2.39. The molecule has 0 bridgehead atoms. The van der Waals surface area contributed by atoms with Crippen molar-refractivity contribution in [1.82, 2.24) is 25.1 Å². The number of carbonyl (C=O) groups excluding carboxylic acids is 1. The molecule has 194 valence electrons. The molecule has 1 aromatic heterocycles. The number of nitrogens with two attached hydrogens (primary N) is 1. The number of hydrogen-bond donors (Lipinski definition) is 2. The minimum absolute atomic E-state index is 0.124. The number of nitrogens with zero attached hydrogens (tertiary/aromatic N) is 5. The van der Waals surface area contributed by atoms with E-state index >= 15 is 0 Å². The van der Waals surface area contributed by atoms with Gasteiger partial charge < -0.3 is 15.5 Å². The van der Waals surface area contributed by atoms with Gasteiger partial charge in [0, 0.05) is 37.0 Å². The number of pyridine rings is 1. The Morgan fingerprint density at radius 1 is 1.14 bits per heavy atom. The summed E-state index contributed by atoms with van der Waals surface area (Å²) in [5.41, 5.74) is 11.2. The molecule has 8 heteroatoms. The van der Waals surface area contributed by atoms with Crippen LogP contribution in [0.15, 0.2) is 53.6 Å². The van der Waals surface area contributed by atoms with Crippen LogP contribution in [0.2, 0.25) is 0 Å². The van der Waals surface area contributed by atoms with Crippen molar-refractivity contribution in [3.8, 4) is 11.8 Å². The molecular weight excluding hydrogens is 462 g/mol. The van der Waals surface area contributed by atoms with E-state index in [0.29, 0.717) is 18.9 Å². The lowest BCUT2D eigenvalue weighted by molar-refractivity contribution is -0.124. The highest BCUT2D eigenvalue weighted by atomic mass is 16.2. The van der Waals surface area contributed by atoms with Crippen molar-refractivity contribution in [1.29, 1.82) is 0 Å². The number of piperidine rings is 1. The zero-order valence-electron chi connectivity index (χ0n) is 22.2. The number of aromatic nitrogens is 1. The van der Waals surface area contributed by atoms with E-state index < -0.39 is 0 Å². The van der Waals surface area contributed by atoms with Gasteiger partial charge in [-0.05, 0) is 31.2 Å². The SMILES string of the molecule is CC.CC#CCN1C(C(=O)N(C)Cc2nc3ccccc3c3ccccc23)=NNC1N1CCCC(N)C1. The second-order valence-corrected chi connectivity index (χ2v) is 9.17. The predicted molar refractivity (Wildman–Crippen MR) is 150 cm³/mol. The van der Waals surface area contributed by atoms with Crippen LogP contribution >= 0.6 is 0 Å². The summed E-state index contributed by atoms with van der Waals surface area (Å²) in [6, 6.07) is 16.4. The van der Waals surface area contributed by atoms with E-state index in [-0.39, 0.29) is 18.2 Å². The summed E-state index contributed by atoms with van der Waals surface area (Å²) >= 11 is 0. The molecular formula is C29H37N7O. The van der Waals surface area contributed by atoms with Crippen LogP contribution in [0.4, 0.5) is 0 Å². The molecule has 0 radical (unpaired) electrons. The first-order chi connectivity index (χ1) is 18.1. The molecule has 0 aliphatic carbocycles. The average molecular weight is 500 g/mol. The summed E-state index contributed by atoms with van der Waals surface area (Å²) in [7, 11) is 1.80. The molecule has 2 aliphatic rings. The maximum absolute atomic E-state index is 13.6. The highest BCUT2D eigenvalue weighted by molar-refractivity contribution is 6.38. The Morgan fingerprint density at radius 3 is 2.57 bits per heavy atom. The van der Waals surface area contributed by atoms with E-state index in [1.54, 1.807) is 18.9 Å². The number of fused-ring (bicyclic) bond motifs is 3. The predicted octanol–water partition coefficient (Wildman–Crippen LogP) is 3.32. The molecule has 3 aromatic rings. The number of likely N-dealkylation sites (tertiary alicyclic amines) is 1. The van der Waals surface area contributed by atoms with Crippen LogP contribution in [0, 0.1) is 11.8 Å². The van der Waals surface area contributed by atoms with Crippen molar-refractivity contribution >= 4 is 33.4 Å². The van der Waals surface area contributed by atoms with E-state index in [9.17, 15) is 4.79 Å². The minimum atomic E-state index is -0.228. The fraction of sp³-hybridized carbons (Fsp3) is 0.414. The zero-order valence-corrected chi connectivity index (χ0v) is 22.2. The molecule has 1 fully saturated rings. The highest BCUT2D eigenvalue weighted by Gasteiger charge is 2.38. The van der Waals surface area contributed by atoms with E-state index in [1.165, 1.54) is 0 Å². The van der Waals surface area contributed by atoms with Gasteiger partial charge in [-0.2, -0.15) is 5.10 Å². The van der Waals surface area contributed by atoms with Crippen molar-refractivity contribution in [2.24, 2.45) is 10.8 Å². The molecule has 37 heavy (non-hydrogen) atoms. The van der Waals surface area contributed by atoms with Crippen LogP contribution in [0.1, 0.15) is 39.3 Å². The first kappa shape index (κ1) is 26.4. The first-order valence-electron chi connectivity index (χ1n) is 13.1. The average Bonchev–Trinajstić information content (AvgIpc) is 3.36. The maximum atomic E-state index is 13.6. The van der Waals surface area contributed by atoms with Crippen LogP contribution in [-0.2, 0) is 11.3 Å². The molecule has 3 heterocycles. The molecule has 8 nitrogen and oxygen atoms in total. The number of likely N-dealkylation sites (N-methyl/N-ethyl adjacent to an activating group) is 1. The largest absolute Gasteiger partial charge is 0.333 e. The van der Waals surface area contributed by atoms with Crippen molar-refractivity contribution in [3.63, 3.8) is 0 Å². The van der Waals surface area contributed by atoms with Gasteiger partial charge in [0.05, 0.1) is 24.3 Å². The fourth-order valence-electron chi connectivity index (χ4n) is 4.97. The molecule has 3 N–H and O–H groups in total. The van der Waals surface area contributed by atoms with Gasteiger partial charge in [0.1, 0.15) is 0 Å². The Morgan fingerprint density at radius 2 is 1.84 bits per heavy atom. The summed E-state index contributed by atoms with van der Waals surface area (Å²) < 4.78 is 0. The second kappa shape index (κ2) is 12.0. The van der Waals surface area contributed by atoms with E-state index in [4.69, 9.17) is 10.7 Å². The molecule has 2 aliphatic heterocycles. The number of rotatable bonds is 5. The Hall–Kier alpha value is -3.67. The molecule has 2 aromatic carbocycles. The Kier molecular flexibility index (Phi) is 8.59. The molecule has 2 unspecified atom stereocenters. The van der Waals surface area contributed by atoms with Gasteiger partial charge in [-0.3, -0.25) is 20.1 Å². The van der Waals surface area contributed by atoms with Crippen LogP contribution in [-0.4, -0.2) is 70.4 Å². The molecule has 1 saturated heterocycles. The van der Waals surface area contributed by atoms with E-state index in [0.717, 1.165) is 53.3 Å². The number of amidine groups is 1. The number of amides is 1. The van der Waals surface area contributed by atoms with Crippen molar-refractivity contribution in [2.75, 3.05) is 26.7 Å². The maximum Gasteiger partial charge on any atom is 0.291 e.